The molecule has 134 valence electrons. The summed E-state index contributed by atoms with van der Waals surface area (Å²) < 4.78 is 1.11. The zero-order valence-electron chi connectivity index (χ0n) is 14.2. The number of halogens is 1. The van der Waals surface area contributed by atoms with Gasteiger partial charge in [-0.1, -0.05) is 24.6 Å². The number of benzene rings is 1. The molecule has 1 saturated carbocycles. The third-order valence-electron chi connectivity index (χ3n) is 4.45. The lowest BCUT2D eigenvalue weighted by atomic mass is 10.2. The SMILES string of the molecule is CCN1C(=O)[C@@H](CC(=O)Nc2ccc(I)cc2)SC1=NC1CCCC1. The van der Waals surface area contributed by atoms with E-state index >= 15 is 0 Å². The van der Waals surface area contributed by atoms with Gasteiger partial charge in [0.25, 0.3) is 0 Å². The fourth-order valence-corrected chi connectivity index (χ4v) is 4.77. The minimum atomic E-state index is -0.371. The fourth-order valence-electron chi connectivity index (χ4n) is 3.13. The van der Waals surface area contributed by atoms with Crippen LogP contribution in [0.2, 0.25) is 0 Å². The summed E-state index contributed by atoms with van der Waals surface area (Å²) in [7, 11) is 0. The van der Waals surface area contributed by atoms with E-state index in [1.807, 2.05) is 31.2 Å². The maximum absolute atomic E-state index is 12.6. The van der Waals surface area contributed by atoms with E-state index < -0.39 is 0 Å². The lowest BCUT2D eigenvalue weighted by Gasteiger charge is -2.14. The third-order valence-corrected chi connectivity index (χ3v) is 6.36. The number of nitrogens with one attached hydrogen (secondary N) is 1. The predicted molar refractivity (Wildman–Crippen MR) is 111 cm³/mol. The zero-order valence-corrected chi connectivity index (χ0v) is 17.2. The van der Waals surface area contributed by atoms with Crippen LogP contribution in [-0.2, 0) is 9.59 Å². The van der Waals surface area contributed by atoms with Crippen LogP contribution in [0.15, 0.2) is 29.3 Å². The van der Waals surface area contributed by atoms with Gasteiger partial charge in [0.15, 0.2) is 5.17 Å². The zero-order chi connectivity index (χ0) is 17.8. The van der Waals surface area contributed by atoms with Gasteiger partial charge in [-0.25, -0.2) is 0 Å². The topological polar surface area (TPSA) is 61.8 Å². The van der Waals surface area contributed by atoms with E-state index in [0.29, 0.717) is 12.6 Å². The molecular formula is C18H22IN3O2S. The quantitative estimate of drug-likeness (QED) is 0.664. The highest BCUT2D eigenvalue weighted by Crippen LogP contribution is 2.32. The van der Waals surface area contributed by atoms with Crippen molar-refractivity contribution in [2.24, 2.45) is 4.99 Å². The van der Waals surface area contributed by atoms with Crippen molar-refractivity contribution in [1.82, 2.24) is 4.90 Å². The van der Waals surface area contributed by atoms with Crippen molar-refractivity contribution in [3.63, 3.8) is 0 Å². The largest absolute Gasteiger partial charge is 0.326 e. The summed E-state index contributed by atoms with van der Waals surface area (Å²) in [6.07, 6.45) is 4.82. The van der Waals surface area contributed by atoms with Crippen molar-refractivity contribution in [3.8, 4) is 0 Å². The first kappa shape index (κ1) is 18.7. The normalized spacial score (nSPS) is 22.8. The van der Waals surface area contributed by atoms with Crippen LogP contribution in [-0.4, -0.2) is 39.7 Å². The second kappa shape index (κ2) is 8.53. The number of hydrogen-bond donors (Lipinski definition) is 1. The van der Waals surface area contributed by atoms with Crippen LogP contribution in [0, 0.1) is 3.57 Å². The van der Waals surface area contributed by atoms with Crippen molar-refractivity contribution < 1.29 is 9.59 Å². The Labute approximate surface area is 166 Å². The van der Waals surface area contributed by atoms with E-state index in [1.54, 1.807) is 4.90 Å². The Bertz CT molecular complexity index is 671. The standard InChI is InChI=1S/C18H22IN3O2S/c1-2-22-17(24)15(25-18(22)21-13-5-3-4-6-13)11-16(23)20-14-9-7-12(19)8-10-14/h7-10,13,15H,2-6,11H2,1H3,(H,20,23)/t15-/m1/s1. The molecule has 0 bridgehead atoms. The Kier molecular flexibility index (Phi) is 6.38. The molecule has 1 heterocycles. The number of amides is 2. The summed E-state index contributed by atoms with van der Waals surface area (Å²) in [6, 6.07) is 7.96. The third kappa shape index (κ3) is 4.75. The van der Waals surface area contributed by atoms with Crippen LogP contribution in [0.4, 0.5) is 5.69 Å². The van der Waals surface area contributed by atoms with E-state index in [9.17, 15) is 9.59 Å². The minimum absolute atomic E-state index is 0.00186. The Morgan fingerprint density at radius 2 is 2.00 bits per heavy atom. The van der Waals surface area contributed by atoms with Gasteiger partial charge in [0.1, 0.15) is 5.25 Å². The second-order valence-corrected chi connectivity index (χ2v) is 8.71. The summed E-state index contributed by atoms with van der Waals surface area (Å²) in [5, 5.41) is 3.30. The highest BCUT2D eigenvalue weighted by atomic mass is 127. The summed E-state index contributed by atoms with van der Waals surface area (Å²) in [5.74, 6) is -0.132. The molecule has 7 heteroatoms. The number of carbonyl (C=O) groups excluding carboxylic acids is 2. The van der Waals surface area contributed by atoms with Crippen molar-refractivity contribution in [2.45, 2.75) is 50.3 Å². The van der Waals surface area contributed by atoms with Gasteiger partial charge in [0.2, 0.25) is 11.8 Å². The molecule has 5 nitrogen and oxygen atoms in total. The molecular weight excluding hydrogens is 449 g/mol. The summed E-state index contributed by atoms with van der Waals surface area (Å²) in [6.45, 7) is 2.56. The number of anilines is 1. The summed E-state index contributed by atoms with van der Waals surface area (Å²) in [4.78, 5) is 31.4. The molecule has 0 aromatic heterocycles. The molecule has 0 spiro atoms. The summed E-state index contributed by atoms with van der Waals surface area (Å²) in [5.41, 5.74) is 0.757. The number of amidine groups is 1. The van der Waals surface area contributed by atoms with Gasteiger partial charge < -0.3 is 5.32 Å². The van der Waals surface area contributed by atoms with Crippen LogP contribution in [0.5, 0.6) is 0 Å². The van der Waals surface area contributed by atoms with Crippen LogP contribution in [0.3, 0.4) is 0 Å². The van der Waals surface area contributed by atoms with E-state index in [1.165, 1.54) is 24.6 Å². The number of nitrogens with zero attached hydrogens (tertiary/aromatic N) is 2. The lowest BCUT2D eigenvalue weighted by Crippen LogP contribution is -2.33. The Morgan fingerprint density at radius 1 is 1.32 bits per heavy atom. The molecule has 1 aromatic carbocycles. The molecule has 2 amide bonds. The number of carbonyl (C=O) groups is 2. The van der Waals surface area contributed by atoms with Gasteiger partial charge in [0, 0.05) is 22.2 Å². The first-order valence-electron chi connectivity index (χ1n) is 8.68. The number of thioether (sulfide) groups is 1. The van der Waals surface area contributed by atoms with Crippen LogP contribution in [0.1, 0.15) is 39.0 Å². The second-order valence-electron chi connectivity index (χ2n) is 6.30. The van der Waals surface area contributed by atoms with Gasteiger partial charge in [-0.05, 0) is 66.6 Å². The molecule has 25 heavy (non-hydrogen) atoms. The van der Waals surface area contributed by atoms with Gasteiger partial charge >= 0.3 is 0 Å². The van der Waals surface area contributed by atoms with E-state index in [0.717, 1.165) is 27.3 Å². The predicted octanol–water partition coefficient (Wildman–Crippen LogP) is 3.88. The Balaban J connectivity index is 1.62. The molecule has 1 N–H and O–H groups in total. The molecule has 2 aliphatic rings. The maximum atomic E-state index is 12.6. The Hall–Kier alpha value is -1.09. The van der Waals surface area contributed by atoms with Crippen LogP contribution < -0.4 is 5.32 Å². The molecule has 1 saturated heterocycles. The van der Waals surface area contributed by atoms with E-state index in [2.05, 4.69) is 27.9 Å². The first-order valence-corrected chi connectivity index (χ1v) is 10.6. The molecule has 1 aliphatic carbocycles. The molecule has 1 aromatic rings. The molecule has 3 rings (SSSR count). The van der Waals surface area contributed by atoms with Crippen LogP contribution in [0.25, 0.3) is 0 Å². The first-order chi connectivity index (χ1) is 12.1. The summed E-state index contributed by atoms with van der Waals surface area (Å²) >= 11 is 3.67. The maximum Gasteiger partial charge on any atom is 0.242 e. The van der Waals surface area contributed by atoms with Gasteiger partial charge in [-0.3, -0.25) is 19.5 Å². The highest BCUT2D eigenvalue weighted by molar-refractivity contribution is 14.1. The molecule has 2 fully saturated rings. The van der Waals surface area contributed by atoms with E-state index in [4.69, 9.17) is 4.99 Å². The van der Waals surface area contributed by atoms with Crippen molar-refractivity contribution in [2.75, 3.05) is 11.9 Å². The number of hydrogen-bond acceptors (Lipinski definition) is 4. The average Bonchev–Trinajstić information content (AvgIpc) is 3.19. The molecule has 1 atom stereocenters. The smallest absolute Gasteiger partial charge is 0.242 e. The number of rotatable bonds is 5. The lowest BCUT2D eigenvalue weighted by molar-refractivity contribution is -0.128. The van der Waals surface area contributed by atoms with E-state index in [-0.39, 0.29) is 23.5 Å². The average molecular weight is 471 g/mol. The van der Waals surface area contributed by atoms with Crippen molar-refractivity contribution in [3.05, 3.63) is 27.8 Å². The highest BCUT2D eigenvalue weighted by Gasteiger charge is 2.38. The number of aliphatic imine (C=N–C) groups is 1. The Morgan fingerprint density at radius 3 is 2.64 bits per heavy atom. The minimum Gasteiger partial charge on any atom is -0.326 e. The van der Waals surface area contributed by atoms with Crippen molar-refractivity contribution >= 4 is 57.0 Å². The molecule has 1 aliphatic heterocycles. The fraction of sp³-hybridized carbons (Fsp3) is 0.500. The monoisotopic (exact) mass is 471 g/mol. The van der Waals surface area contributed by atoms with Gasteiger partial charge in [-0.2, -0.15) is 0 Å². The van der Waals surface area contributed by atoms with Crippen LogP contribution >= 0.6 is 34.4 Å². The molecule has 0 radical (unpaired) electrons. The molecule has 0 unspecified atom stereocenters. The van der Waals surface area contributed by atoms with Crippen molar-refractivity contribution in [1.29, 1.82) is 0 Å². The van der Waals surface area contributed by atoms with Gasteiger partial charge in [-0.15, -0.1) is 0 Å². The van der Waals surface area contributed by atoms with Gasteiger partial charge in [0.05, 0.1) is 6.04 Å².